The third-order valence-corrected chi connectivity index (χ3v) is 3.80. The number of amides is 1. The number of aliphatic hydroxyl groups is 1. The van der Waals surface area contributed by atoms with Crippen molar-refractivity contribution in [3.63, 3.8) is 0 Å². The summed E-state index contributed by atoms with van der Waals surface area (Å²) in [7, 11) is 0. The fourth-order valence-corrected chi connectivity index (χ4v) is 2.21. The number of likely N-dealkylation sites (tertiary alicyclic amines) is 1. The minimum Gasteiger partial charge on any atom is -0.396 e. The average molecular weight is 256 g/mol. The van der Waals surface area contributed by atoms with Crippen molar-refractivity contribution in [1.29, 1.82) is 0 Å². The molecule has 0 aromatic rings. The molecule has 0 aromatic carbocycles. The van der Waals surface area contributed by atoms with Crippen LogP contribution in [0.3, 0.4) is 0 Å². The molecule has 1 heterocycles. The molecule has 2 N–H and O–H groups in total. The lowest BCUT2D eigenvalue weighted by molar-refractivity contribution is -0.123. The van der Waals surface area contributed by atoms with Gasteiger partial charge in [0.1, 0.15) is 0 Å². The molecule has 0 aromatic heterocycles. The summed E-state index contributed by atoms with van der Waals surface area (Å²) >= 11 is 0. The summed E-state index contributed by atoms with van der Waals surface area (Å²) < 4.78 is 0. The standard InChI is InChI=1S/C14H28N2O2/c1-12-4-7-16(8-5-12)10-13(18)15-11-14(2,3)6-9-17/h12,17H,4-11H2,1-3H3,(H,15,18). The van der Waals surface area contributed by atoms with Crippen molar-refractivity contribution < 1.29 is 9.90 Å². The highest BCUT2D eigenvalue weighted by Gasteiger charge is 2.20. The van der Waals surface area contributed by atoms with E-state index in [9.17, 15) is 4.79 Å². The second kappa shape index (κ2) is 7.10. The molecule has 106 valence electrons. The van der Waals surface area contributed by atoms with Crippen LogP contribution in [0.25, 0.3) is 0 Å². The first-order valence-electron chi connectivity index (χ1n) is 7.03. The van der Waals surface area contributed by atoms with Crippen LogP contribution in [0.5, 0.6) is 0 Å². The molecule has 18 heavy (non-hydrogen) atoms. The van der Waals surface area contributed by atoms with Gasteiger partial charge in [-0.25, -0.2) is 0 Å². The molecule has 0 aliphatic carbocycles. The van der Waals surface area contributed by atoms with Crippen LogP contribution in [-0.2, 0) is 4.79 Å². The van der Waals surface area contributed by atoms with Crippen LogP contribution in [0, 0.1) is 11.3 Å². The first-order chi connectivity index (χ1) is 8.43. The van der Waals surface area contributed by atoms with Crippen LogP contribution in [0.15, 0.2) is 0 Å². The Balaban J connectivity index is 2.21. The topological polar surface area (TPSA) is 52.6 Å². The van der Waals surface area contributed by atoms with Crippen molar-refractivity contribution in [3.8, 4) is 0 Å². The first kappa shape index (κ1) is 15.4. The molecule has 1 rings (SSSR count). The van der Waals surface area contributed by atoms with Gasteiger partial charge in [0.05, 0.1) is 6.54 Å². The Kier molecular flexibility index (Phi) is 6.09. The fourth-order valence-electron chi connectivity index (χ4n) is 2.21. The number of rotatable bonds is 6. The number of piperidine rings is 1. The Bertz CT molecular complexity index is 259. The van der Waals surface area contributed by atoms with Gasteiger partial charge in [-0.1, -0.05) is 20.8 Å². The maximum atomic E-state index is 11.8. The monoisotopic (exact) mass is 256 g/mol. The first-order valence-corrected chi connectivity index (χ1v) is 7.03. The number of aliphatic hydroxyl groups excluding tert-OH is 1. The van der Waals surface area contributed by atoms with Crippen molar-refractivity contribution >= 4 is 5.91 Å². The summed E-state index contributed by atoms with van der Waals surface area (Å²) in [4.78, 5) is 14.1. The second-order valence-corrected chi connectivity index (χ2v) is 6.37. The zero-order valence-corrected chi connectivity index (χ0v) is 12.0. The van der Waals surface area contributed by atoms with Gasteiger partial charge in [0.2, 0.25) is 5.91 Å². The van der Waals surface area contributed by atoms with Gasteiger partial charge >= 0.3 is 0 Å². The Morgan fingerprint density at radius 3 is 2.56 bits per heavy atom. The van der Waals surface area contributed by atoms with Crippen molar-refractivity contribution in [2.75, 3.05) is 32.8 Å². The zero-order valence-electron chi connectivity index (χ0n) is 12.0. The molecule has 0 spiro atoms. The van der Waals surface area contributed by atoms with Crippen molar-refractivity contribution in [2.24, 2.45) is 11.3 Å². The molecule has 0 saturated carbocycles. The van der Waals surface area contributed by atoms with Gasteiger partial charge in [0.25, 0.3) is 0 Å². The number of hydrogen-bond acceptors (Lipinski definition) is 3. The van der Waals surface area contributed by atoms with Gasteiger partial charge < -0.3 is 10.4 Å². The Hall–Kier alpha value is -0.610. The number of nitrogens with one attached hydrogen (secondary N) is 1. The summed E-state index contributed by atoms with van der Waals surface area (Å²) in [5.74, 6) is 0.906. The van der Waals surface area contributed by atoms with Crippen molar-refractivity contribution in [2.45, 2.75) is 40.0 Å². The van der Waals surface area contributed by atoms with Crippen molar-refractivity contribution in [1.82, 2.24) is 10.2 Å². The van der Waals surface area contributed by atoms with Gasteiger partial charge in [-0.15, -0.1) is 0 Å². The smallest absolute Gasteiger partial charge is 0.234 e. The SMILES string of the molecule is CC1CCN(CC(=O)NCC(C)(C)CCO)CC1. The minimum absolute atomic E-state index is 0.0270. The largest absolute Gasteiger partial charge is 0.396 e. The molecule has 0 unspecified atom stereocenters. The van der Waals surface area contributed by atoms with Crippen LogP contribution >= 0.6 is 0 Å². The van der Waals surface area contributed by atoms with E-state index in [0.29, 0.717) is 19.5 Å². The Morgan fingerprint density at radius 1 is 1.39 bits per heavy atom. The van der Waals surface area contributed by atoms with Crippen LogP contribution < -0.4 is 5.32 Å². The molecule has 4 nitrogen and oxygen atoms in total. The number of carbonyl (C=O) groups is 1. The van der Waals surface area contributed by atoms with Gasteiger partial charge in [-0.3, -0.25) is 9.69 Å². The molecule has 1 aliphatic heterocycles. The van der Waals surface area contributed by atoms with E-state index in [1.807, 2.05) is 0 Å². The van der Waals surface area contributed by atoms with E-state index in [-0.39, 0.29) is 17.9 Å². The molecule has 4 heteroatoms. The molecule has 1 amide bonds. The van der Waals surface area contributed by atoms with Crippen LogP contribution in [0.4, 0.5) is 0 Å². The van der Waals surface area contributed by atoms with E-state index in [4.69, 9.17) is 5.11 Å². The van der Waals surface area contributed by atoms with E-state index in [0.717, 1.165) is 19.0 Å². The Morgan fingerprint density at radius 2 is 2.00 bits per heavy atom. The third kappa shape index (κ3) is 5.83. The maximum Gasteiger partial charge on any atom is 0.234 e. The van der Waals surface area contributed by atoms with Gasteiger partial charge in [-0.05, 0) is 43.7 Å². The number of hydrogen-bond donors (Lipinski definition) is 2. The van der Waals surface area contributed by atoms with Crippen LogP contribution in [0.2, 0.25) is 0 Å². The molecular weight excluding hydrogens is 228 g/mol. The maximum absolute atomic E-state index is 11.8. The molecule has 1 aliphatic rings. The van der Waals surface area contributed by atoms with Crippen molar-refractivity contribution in [3.05, 3.63) is 0 Å². The van der Waals surface area contributed by atoms with E-state index < -0.39 is 0 Å². The highest BCUT2D eigenvalue weighted by molar-refractivity contribution is 5.78. The van der Waals surface area contributed by atoms with Gasteiger partial charge in [-0.2, -0.15) is 0 Å². The third-order valence-electron chi connectivity index (χ3n) is 3.80. The predicted molar refractivity (Wildman–Crippen MR) is 73.3 cm³/mol. The molecule has 0 bridgehead atoms. The van der Waals surface area contributed by atoms with E-state index in [1.165, 1.54) is 12.8 Å². The van der Waals surface area contributed by atoms with Crippen LogP contribution in [-0.4, -0.2) is 48.7 Å². The molecule has 0 radical (unpaired) electrons. The van der Waals surface area contributed by atoms with E-state index in [1.54, 1.807) is 0 Å². The summed E-state index contributed by atoms with van der Waals surface area (Å²) in [6.07, 6.45) is 3.11. The average Bonchev–Trinajstić information content (AvgIpc) is 2.30. The molecule has 0 atom stereocenters. The summed E-state index contributed by atoms with van der Waals surface area (Å²) in [6.45, 7) is 9.79. The zero-order chi connectivity index (χ0) is 13.6. The highest BCUT2D eigenvalue weighted by atomic mass is 16.3. The lowest BCUT2D eigenvalue weighted by Gasteiger charge is -2.30. The predicted octanol–water partition coefficient (Wildman–Crippen LogP) is 1.24. The summed E-state index contributed by atoms with van der Waals surface area (Å²) in [5.41, 5.74) is -0.0270. The van der Waals surface area contributed by atoms with Crippen LogP contribution in [0.1, 0.15) is 40.0 Å². The fraction of sp³-hybridized carbons (Fsp3) is 0.929. The van der Waals surface area contributed by atoms with Gasteiger partial charge in [0, 0.05) is 13.2 Å². The number of nitrogens with zero attached hydrogens (tertiary/aromatic N) is 1. The summed E-state index contributed by atoms with van der Waals surface area (Å²) in [6, 6.07) is 0. The minimum atomic E-state index is -0.0270. The second-order valence-electron chi connectivity index (χ2n) is 6.37. The quantitative estimate of drug-likeness (QED) is 0.752. The molecule has 1 fully saturated rings. The lowest BCUT2D eigenvalue weighted by atomic mass is 9.90. The summed E-state index contributed by atoms with van der Waals surface area (Å²) in [5, 5.41) is 11.9. The van der Waals surface area contributed by atoms with E-state index in [2.05, 4.69) is 31.0 Å². The number of carbonyl (C=O) groups excluding carboxylic acids is 1. The normalized spacial score (nSPS) is 18.9. The Labute approximate surface area is 111 Å². The van der Waals surface area contributed by atoms with Gasteiger partial charge in [0.15, 0.2) is 0 Å². The molecular formula is C14H28N2O2. The lowest BCUT2D eigenvalue weighted by Crippen LogP contribution is -2.43. The van der Waals surface area contributed by atoms with E-state index >= 15 is 0 Å². The highest BCUT2D eigenvalue weighted by Crippen LogP contribution is 2.18. The molecule has 1 saturated heterocycles.